The topological polar surface area (TPSA) is 88.5 Å². The van der Waals surface area contributed by atoms with Crippen LogP contribution in [0.25, 0.3) is 0 Å². The number of hydrogen-bond acceptors (Lipinski definition) is 5. The van der Waals surface area contributed by atoms with Crippen LogP contribution in [0, 0.1) is 0 Å². The van der Waals surface area contributed by atoms with E-state index in [0.717, 1.165) is 0 Å². The fourth-order valence-electron chi connectivity index (χ4n) is 1.81. The van der Waals surface area contributed by atoms with E-state index in [9.17, 15) is 18.0 Å². The number of hydrogen-bond donors (Lipinski definition) is 1. The van der Waals surface area contributed by atoms with Crippen LogP contribution < -0.4 is 0 Å². The summed E-state index contributed by atoms with van der Waals surface area (Å²) in [6.07, 6.45) is 0. The van der Waals surface area contributed by atoms with Gasteiger partial charge < -0.3 is 5.11 Å². The average molecular weight is 324 g/mol. The van der Waals surface area contributed by atoms with E-state index in [-0.39, 0.29) is 11.3 Å². The standard InChI is InChI=1S/C14H12O5S2/c15-12(13-5-2-6-20-13)9-21(18,19)8-10-3-1-4-11(7-10)14(16)17/h1-7H,8-9H2,(H,16,17). The lowest BCUT2D eigenvalue weighted by atomic mass is 10.1. The Morgan fingerprint density at radius 1 is 1.14 bits per heavy atom. The van der Waals surface area contributed by atoms with E-state index in [1.54, 1.807) is 17.5 Å². The molecule has 0 radical (unpaired) electrons. The van der Waals surface area contributed by atoms with Gasteiger partial charge in [-0.3, -0.25) is 4.79 Å². The van der Waals surface area contributed by atoms with Crippen molar-refractivity contribution in [2.75, 3.05) is 5.75 Å². The minimum absolute atomic E-state index is 0.0206. The molecule has 0 saturated carbocycles. The van der Waals surface area contributed by atoms with Crippen molar-refractivity contribution < 1.29 is 23.1 Å². The molecule has 0 atom stereocenters. The molecular weight excluding hydrogens is 312 g/mol. The van der Waals surface area contributed by atoms with E-state index in [0.29, 0.717) is 10.4 Å². The quantitative estimate of drug-likeness (QED) is 0.823. The molecule has 2 aromatic rings. The Morgan fingerprint density at radius 2 is 1.90 bits per heavy atom. The van der Waals surface area contributed by atoms with Gasteiger partial charge in [-0.25, -0.2) is 13.2 Å². The monoisotopic (exact) mass is 324 g/mol. The van der Waals surface area contributed by atoms with Crippen LogP contribution in [-0.2, 0) is 15.6 Å². The van der Waals surface area contributed by atoms with Crippen molar-refractivity contribution in [1.29, 1.82) is 0 Å². The summed E-state index contributed by atoms with van der Waals surface area (Å²) >= 11 is 1.19. The number of carbonyl (C=O) groups is 2. The molecule has 1 N–H and O–H groups in total. The second kappa shape index (κ2) is 6.19. The van der Waals surface area contributed by atoms with E-state index in [1.807, 2.05) is 0 Å². The first kappa shape index (κ1) is 15.4. The molecule has 0 aliphatic carbocycles. The number of thiophene rings is 1. The Labute approximate surface area is 125 Å². The lowest BCUT2D eigenvalue weighted by molar-refractivity contribution is 0.0696. The van der Waals surface area contributed by atoms with Gasteiger partial charge in [-0.1, -0.05) is 18.2 Å². The fourth-order valence-corrected chi connectivity index (χ4v) is 3.91. The van der Waals surface area contributed by atoms with Crippen molar-refractivity contribution in [2.24, 2.45) is 0 Å². The van der Waals surface area contributed by atoms with Gasteiger partial charge in [-0.2, -0.15) is 0 Å². The van der Waals surface area contributed by atoms with Crippen LogP contribution in [0.1, 0.15) is 25.6 Å². The normalized spacial score (nSPS) is 11.2. The molecule has 0 aliphatic heterocycles. The molecule has 1 aromatic heterocycles. The second-order valence-electron chi connectivity index (χ2n) is 4.44. The first-order valence-electron chi connectivity index (χ1n) is 5.97. The molecule has 0 aliphatic rings. The highest BCUT2D eigenvalue weighted by Gasteiger charge is 2.19. The van der Waals surface area contributed by atoms with Gasteiger partial charge in [0.2, 0.25) is 0 Å². The van der Waals surface area contributed by atoms with Crippen LogP contribution >= 0.6 is 11.3 Å². The molecule has 1 heterocycles. The third-order valence-corrected chi connectivity index (χ3v) is 5.09. The van der Waals surface area contributed by atoms with Crippen molar-refractivity contribution in [1.82, 2.24) is 0 Å². The predicted molar refractivity (Wildman–Crippen MR) is 79.5 cm³/mol. The summed E-state index contributed by atoms with van der Waals surface area (Å²) in [6.45, 7) is 0. The number of carboxylic acids is 1. The largest absolute Gasteiger partial charge is 0.478 e. The number of carbonyl (C=O) groups excluding carboxylic acids is 1. The second-order valence-corrected chi connectivity index (χ2v) is 7.45. The van der Waals surface area contributed by atoms with Gasteiger partial charge in [0.05, 0.1) is 16.2 Å². The minimum Gasteiger partial charge on any atom is -0.478 e. The zero-order chi connectivity index (χ0) is 15.5. The Bertz CT molecular complexity index is 760. The van der Waals surface area contributed by atoms with Gasteiger partial charge in [-0.05, 0) is 29.1 Å². The maximum Gasteiger partial charge on any atom is 0.335 e. The average Bonchev–Trinajstić information content (AvgIpc) is 2.91. The maximum atomic E-state index is 12.0. The van der Waals surface area contributed by atoms with E-state index in [4.69, 9.17) is 5.11 Å². The SMILES string of the molecule is O=C(O)c1cccc(CS(=O)(=O)CC(=O)c2cccs2)c1. The predicted octanol–water partition coefficient (Wildman–Crippen LogP) is 2.24. The summed E-state index contributed by atoms with van der Waals surface area (Å²) < 4.78 is 24.0. The van der Waals surface area contributed by atoms with Crippen molar-refractivity contribution in [2.45, 2.75) is 5.75 Å². The van der Waals surface area contributed by atoms with Crippen LogP contribution in [0.3, 0.4) is 0 Å². The number of Topliss-reactive ketones (excluding diaryl/α,β-unsaturated/α-hetero) is 1. The number of rotatable bonds is 6. The Balaban J connectivity index is 2.12. The van der Waals surface area contributed by atoms with Gasteiger partial charge in [0.1, 0.15) is 5.75 Å². The molecule has 5 nitrogen and oxygen atoms in total. The summed E-state index contributed by atoms with van der Waals surface area (Å²) in [5, 5.41) is 10.6. The summed E-state index contributed by atoms with van der Waals surface area (Å²) in [6, 6.07) is 8.95. The van der Waals surface area contributed by atoms with Crippen LogP contribution in [0.5, 0.6) is 0 Å². The molecule has 1 aromatic carbocycles. The molecule has 0 spiro atoms. The highest BCUT2D eigenvalue weighted by atomic mass is 32.2. The minimum atomic E-state index is -3.64. The third kappa shape index (κ3) is 4.24. The van der Waals surface area contributed by atoms with E-state index in [2.05, 4.69) is 0 Å². The number of aromatic carboxylic acids is 1. The third-order valence-electron chi connectivity index (χ3n) is 2.71. The molecule has 21 heavy (non-hydrogen) atoms. The zero-order valence-corrected chi connectivity index (χ0v) is 12.5. The highest BCUT2D eigenvalue weighted by Crippen LogP contribution is 2.14. The van der Waals surface area contributed by atoms with Gasteiger partial charge in [0.25, 0.3) is 0 Å². The summed E-state index contributed by atoms with van der Waals surface area (Å²) in [5.41, 5.74) is 0.376. The first-order chi connectivity index (χ1) is 9.87. The molecule has 0 amide bonds. The van der Waals surface area contributed by atoms with Crippen LogP contribution in [0.2, 0.25) is 0 Å². The van der Waals surface area contributed by atoms with Crippen LogP contribution in [0.15, 0.2) is 41.8 Å². The lowest BCUT2D eigenvalue weighted by Crippen LogP contribution is -2.17. The number of ketones is 1. The van der Waals surface area contributed by atoms with Crippen molar-refractivity contribution in [3.8, 4) is 0 Å². The molecule has 0 bridgehead atoms. The lowest BCUT2D eigenvalue weighted by Gasteiger charge is -2.04. The van der Waals surface area contributed by atoms with Crippen molar-refractivity contribution in [3.63, 3.8) is 0 Å². The summed E-state index contributed by atoms with van der Waals surface area (Å²) in [5.74, 6) is -2.50. The summed E-state index contributed by atoms with van der Waals surface area (Å²) in [4.78, 5) is 23.1. The van der Waals surface area contributed by atoms with Gasteiger partial charge in [0.15, 0.2) is 15.6 Å². The Hall–Kier alpha value is -1.99. The molecule has 7 heteroatoms. The van der Waals surface area contributed by atoms with Crippen molar-refractivity contribution >= 4 is 32.9 Å². The highest BCUT2D eigenvalue weighted by molar-refractivity contribution is 7.91. The summed E-state index contributed by atoms with van der Waals surface area (Å²) in [7, 11) is -3.64. The fraction of sp³-hybridized carbons (Fsp3) is 0.143. The molecule has 0 unspecified atom stereocenters. The van der Waals surface area contributed by atoms with Gasteiger partial charge in [-0.15, -0.1) is 11.3 Å². The first-order valence-corrected chi connectivity index (χ1v) is 8.67. The van der Waals surface area contributed by atoms with Gasteiger partial charge in [0, 0.05) is 0 Å². The van der Waals surface area contributed by atoms with E-state index in [1.165, 1.54) is 35.6 Å². The number of carboxylic acid groups (broad SMARTS) is 1. The van der Waals surface area contributed by atoms with E-state index < -0.39 is 27.3 Å². The molecule has 2 rings (SSSR count). The molecular formula is C14H12O5S2. The maximum absolute atomic E-state index is 12.0. The van der Waals surface area contributed by atoms with Crippen LogP contribution in [-0.4, -0.2) is 31.0 Å². The van der Waals surface area contributed by atoms with Crippen molar-refractivity contribution in [3.05, 3.63) is 57.8 Å². The van der Waals surface area contributed by atoms with Gasteiger partial charge >= 0.3 is 5.97 Å². The number of sulfone groups is 1. The van der Waals surface area contributed by atoms with E-state index >= 15 is 0 Å². The molecule has 0 fully saturated rings. The zero-order valence-electron chi connectivity index (χ0n) is 10.9. The molecule has 0 saturated heterocycles. The Morgan fingerprint density at radius 3 is 2.52 bits per heavy atom. The molecule has 110 valence electrons. The smallest absolute Gasteiger partial charge is 0.335 e. The van der Waals surface area contributed by atoms with Crippen LogP contribution in [0.4, 0.5) is 0 Å². The Kier molecular flexibility index (Phi) is 4.54. The number of benzene rings is 1.